The van der Waals surface area contributed by atoms with Crippen LogP contribution in [0.5, 0.6) is 0 Å². The van der Waals surface area contributed by atoms with Crippen LogP contribution in [0.4, 0.5) is 0 Å². The molecule has 0 radical (unpaired) electrons. The highest BCUT2D eigenvalue weighted by molar-refractivity contribution is 6.74. The molecule has 0 spiro atoms. The minimum atomic E-state index is -1.75. The standard InChI is InChI=1S/C22H33ClN4OSi/c1-16(10-11-28-29(6,7)22(2,3)4)27-20-12-21(23)24-13-18(20)19(25-27)9-8-17-14-26(5)15-17/h12-13,16-17H,10-11,14-15H2,1-7H3/t16-/m0/s1. The molecular formula is C22H33ClN4OSi. The summed E-state index contributed by atoms with van der Waals surface area (Å²) < 4.78 is 8.40. The van der Waals surface area contributed by atoms with E-state index < -0.39 is 8.32 Å². The maximum absolute atomic E-state index is 6.37. The molecule has 2 aromatic rings. The maximum Gasteiger partial charge on any atom is 0.191 e. The first kappa shape index (κ1) is 22.3. The highest BCUT2D eigenvalue weighted by Crippen LogP contribution is 2.37. The van der Waals surface area contributed by atoms with Crippen LogP contribution >= 0.6 is 11.6 Å². The van der Waals surface area contributed by atoms with Gasteiger partial charge in [-0.1, -0.05) is 38.3 Å². The first-order chi connectivity index (χ1) is 13.5. The van der Waals surface area contributed by atoms with Crippen LogP contribution < -0.4 is 0 Å². The molecule has 29 heavy (non-hydrogen) atoms. The first-order valence-corrected chi connectivity index (χ1v) is 13.6. The number of nitrogens with zero attached hydrogens (tertiary/aromatic N) is 4. The van der Waals surface area contributed by atoms with E-state index in [0.717, 1.165) is 42.7 Å². The van der Waals surface area contributed by atoms with E-state index in [4.69, 9.17) is 21.1 Å². The Morgan fingerprint density at radius 3 is 2.66 bits per heavy atom. The molecule has 3 rings (SSSR count). The molecule has 1 atom stereocenters. The summed E-state index contributed by atoms with van der Waals surface area (Å²) in [6, 6.07) is 2.07. The van der Waals surface area contributed by atoms with Crippen molar-refractivity contribution in [1.82, 2.24) is 19.7 Å². The van der Waals surface area contributed by atoms with E-state index in [9.17, 15) is 0 Å². The minimum absolute atomic E-state index is 0.186. The summed E-state index contributed by atoms with van der Waals surface area (Å²) in [6.45, 7) is 16.3. The van der Waals surface area contributed by atoms with Crippen molar-refractivity contribution in [2.75, 3.05) is 26.7 Å². The van der Waals surface area contributed by atoms with Gasteiger partial charge in [-0.05, 0) is 44.4 Å². The van der Waals surface area contributed by atoms with Gasteiger partial charge in [0.1, 0.15) is 10.8 Å². The van der Waals surface area contributed by atoms with Gasteiger partial charge in [-0.3, -0.25) is 4.68 Å². The Morgan fingerprint density at radius 1 is 1.34 bits per heavy atom. The normalized spacial score (nSPS) is 17.1. The van der Waals surface area contributed by atoms with Crippen LogP contribution in [0.15, 0.2) is 12.3 Å². The van der Waals surface area contributed by atoms with E-state index in [1.54, 1.807) is 6.20 Å². The Kier molecular flexibility index (Phi) is 6.45. The lowest BCUT2D eigenvalue weighted by molar-refractivity contribution is 0.177. The zero-order valence-electron chi connectivity index (χ0n) is 18.7. The molecule has 0 unspecified atom stereocenters. The third-order valence-corrected chi connectivity index (χ3v) is 11.0. The molecule has 158 valence electrons. The number of pyridine rings is 1. The predicted octanol–water partition coefficient (Wildman–Crippen LogP) is 4.97. The lowest BCUT2D eigenvalue weighted by Gasteiger charge is -2.36. The molecule has 1 fully saturated rings. The maximum atomic E-state index is 6.37. The van der Waals surface area contributed by atoms with Crippen molar-refractivity contribution in [3.63, 3.8) is 0 Å². The molecule has 0 saturated carbocycles. The molecule has 0 aliphatic carbocycles. The molecule has 2 aromatic heterocycles. The molecule has 1 saturated heterocycles. The first-order valence-electron chi connectivity index (χ1n) is 10.4. The van der Waals surface area contributed by atoms with Crippen LogP contribution in [-0.4, -0.2) is 54.7 Å². The Balaban J connectivity index is 1.78. The second kappa shape index (κ2) is 8.39. The highest BCUT2D eigenvalue weighted by atomic mass is 35.5. The smallest absolute Gasteiger partial charge is 0.191 e. The number of hydrogen-bond acceptors (Lipinski definition) is 4. The van der Waals surface area contributed by atoms with Crippen LogP contribution in [0, 0.1) is 17.8 Å². The molecule has 3 heterocycles. The summed E-state index contributed by atoms with van der Waals surface area (Å²) in [6.07, 6.45) is 2.68. The summed E-state index contributed by atoms with van der Waals surface area (Å²) >= 11 is 6.18. The number of likely N-dealkylation sites (tertiary alicyclic amines) is 1. The molecule has 7 heteroatoms. The van der Waals surface area contributed by atoms with Gasteiger partial charge in [0.25, 0.3) is 0 Å². The van der Waals surface area contributed by atoms with E-state index in [2.05, 4.69) is 69.6 Å². The number of fused-ring (bicyclic) bond motifs is 1. The molecule has 0 N–H and O–H groups in total. The van der Waals surface area contributed by atoms with E-state index in [1.807, 2.05) is 10.7 Å². The van der Waals surface area contributed by atoms with E-state index >= 15 is 0 Å². The van der Waals surface area contributed by atoms with Crippen molar-refractivity contribution < 1.29 is 4.43 Å². The molecule has 0 bridgehead atoms. The summed E-state index contributed by atoms with van der Waals surface area (Å²) in [5, 5.41) is 6.48. The van der Waals surface area contributed by atoms with E-state index in [0.29, 0.717) is 11.1 Å². The van der Waals surface area contributed by atoms with Crippen molar-refractivity contribution in [2.45, 2.75) is 58.3 Å². The van der Waals surface area contributed by atoms with Crippen LogP contribution in [0.25, 0.3) is 10.9 Å². The summed E-state index contributed by atoms with van der Waals surface area (Å²) in [5.41, 5.74) is 1.77. The lowest BCUT2D eigenvalue weighted by Crippen LogP contribution is -2.42. The SMILES string of the molecule is C[C@@H](CCO[Si](C)(C)C(C)(C)C)n1nc(C#CC2CN(C)C2)c2cnc(Cl)cc21. The quantitative estimate of drug-likeness (QED) is 0.380. The summed E-state index contributed by atoms with van der Waals surface area (Å²) in [7, 11) is 0.367. The zero-order chi connectivity index (χ0) is 21.4. The van der Waals surface area contributed by atoms with Crippen LogP contribution in [0.1, 0.15) is 45.9 Å². The third kappa shape index (κ3) is 5.03. The highest BCUT2D eigenvalue weighted by Gasteiger charge is 2.37. The fourth-order valence-electron chi connectivity index (χ4n) is 3.22. The van der Waals surface area contributed by atoms with Crippen molar-refractivity contribution >= 4 is 30.8 Å². The molecule has 0 aromatic carbocycles. The molecule has 1 aliphatic rings. The molecular weight excluding hydrogens is 400 g/mol. The number of aromatic nitrogens is 3. The van der Waals surface area contributed by atoms with Crippen molar-refractivity contribution in [1.29, 1.82) is 0 Å². The largest absolute Gasteiger partial charge is 0.417 e. The van der Waals surface area contributed by atoms with Gasteiger partial charge in [-0.15, -0.1) is 0 Å². The van der Waals surface area contributed by atoms with Gasteiger partial charge in [0.05, 0.1) is 16.9 Å². The van der Waals surface area contributed by atoms with Gasteiger partial charge >= 0.3 is 0 Å². The molecule has 5 nitrogen and oxygen atoms in total. The second-order valence-electron chi connectivity index (χ2n) is 9.75. The van der Waals surface area contributed by atoms with Crippen LogP contribution in [-0.2, 0) is 4.43 Å². The van der Waals surface area contributed by atoms with Gasteiger partial charge in [-0.2, -0.15) is 5.10 Å². The second-order valence-corrected chi connectivity index (χ2v) is 14.9. The summed E-state index contributed by atoms with van der Waals surface area (Å²) in [4.78, 5) is 6.52. The number of hydrogen-bond donors (Lipinski definition) is 0. The van der Waals surface area contributed by atoms with Gasteiger partial charge in [0.15, 0.2) is 8.32 Å². The van der Waals surface area contributed by atoms with Crippen molar-refractivity contribution in [3.8, 4) is 11.8 Å². The number of rotatable bonds is 5. The van der Waals surface area contributed by atoms with Crippen molar-refractivity contribution in [3.05, 3.63) is 23.1 Å². The lowest BCUT2D eigenvalue weighted by atomic mass is 10.0. The Bertz CT molecular complexity index is 932. The Labute approximate surface area is 180 Å². The Hall–Kier alpha value is -1.39. The summed E-state index contributed by atoms with van der Waals surface area (Å²) in [5.74, 6) is 7.07. The van der Waals surface area contributed by atoms with Gasteiger partial charge < -0.3 is 9.33 Å². The van der Waals surface area contributed by atoms with E-state index in [1.165, 1.54) is 0 Å². The minimum Gasteiger partial charge on any atom is -0.417 e. The fraction of sp³-hybridized carbons (Fsp3) is 0.636. The molecule has 1 aliphatic heterocycles. The van der Waals surface area contributed by atoms with Crippen molar-refractivity contribution in [2.24, 2.45) is 5.92 Å². The average molecular weight is 433 g/mol. The predicted molar refractivity (Wildman–Crippen MR) is 123 cm³/mol. The zero-order valence-corrected chi connectivity index (χ0v) is 20.5. The average Bonchev–Trinajstić information content (AvgIpc) is 2.94. The topological polar surface area (TPSA) is 43.2 Å². The van der Waals surface area contributed by atoms with Crippen LogP contribution in [0.3, 0.4) is 0 Å². The van der Waals surface area contributed by atoms with Crippen LogP contribution in [0.2, 0.25) is 23.3 Å². The van der Waals surface area contributed by atoms with Gasteiger partial charge in [0.2, 0.25) is 0 Å². The third-order valence-electron chi connectivity index (χ3n) is 6.24. The monoisotopic (exact) mass is 432 g/mol. The fourth-order valence-corrected chi connectivity index (χ4v) is 4.43. The Morgan fingerprint density at radius 2 is 2.03 bits per heavy atom. The molecule has 0 amide bonds. The number of halogens is 1. The van der Waals surface area contributed by atoms with Gasteiger partial charge in [-0.25, -0.2) is 4.98 Å². The van der Waals surface area contributed by atoms with Gasteiger partial charge in [0, 0.05) is 37.9 Å². The van der Waals surface area contributed by atoms with E-state index in [-0.39, 0.29) is 11.1 Å².